The van der Waals surface area contributed by atoms with Crippen LogP contribution in [0.3, 0.4) is 0 Å². The second-order valence-electron chi connectivity index (χ2n) is 7.33. The summed E-state index contributed by atoms with van der Waals surface area (Å²) in [6, 6.07) is 8.28. The van der Waals surface area contributed by atoms with Gasteiger partial charge in [-0.1, -0.05) is 29.8 Å². The zero-order chi connectivity index (χ0) is 16.9. The Morgan fingerprint density at radius 3 is 2.62 bits per heavy atom. The van der Waals surface area contributed by atoms with E-state index in [1.807, 2.05) is 18.2 Å². The van der Waals surface area contributed by atoms with Crippen LogP contribution in [0.2, 0.25) is 5.02 Å². The molecule has 1 aliphatic heterocycles. The number of nitrogens with zero attached hydrogens (tertiary/aromatic N) is 1. The molecule has 1 saturated carbocycles. The molecular formula is C19H28ClN3O. The first kappa shape index (κ1) is 17.7. The lowest BCUT2D eigenvalue weighted by Gasteiger charge is -2.32. The van der Waals surface area contributed by atoms with Crippen LogP contribution in [-0.4, -0.2) is 36.5 Å². The van der Waals surface area contributed by atoms with Crippen molar-refractivity contribution in [3.8, 4) is 0 Å². The Kier molecular flexibility index (Phi) is 6.14. The first-order valence-electron chi connectivity index (χ1n) is 9.11. The number of piperidine rings is 1. The maximum atomic E-state index is 12.2. The summed E-state index contributed by atoms with van der Waals surface area (Å²) in [4.78, 5) is 14.6. The molecular weight excluding hydrogens is 322 g/mol. The van der Waals surface area contributed by atoms with E-state index in [4.69, 9.17) is 17.3 Å². The van der Waals surface area contributed by atoms with Gasteiger partial charge in [0.05, 0.1) is 0 Å². The number of amides is 1. The Labute approximate surface area is 149 Å². The summed E-state index contributed by atoms with van der Waals surface area (Å²) in [6.45, 7) is 3.86. The quantitative estimate of drug-likeness (QED) is 0.859. The van der Waals surface area contributed by atoms with Gasteiger partial charge in [-0.25, -0.2) is 0 Å². The van der Waals surface area contributed by atoms with Gasteiger partial charge in [0.15, 0.2) is 0 Å². The molecule has 3 rings (SSSR count). The van der Waals surface area contributed by atoms with Crippen LogP contribution in [0.4, 0.5) is 0 Å². The third kappa shape index (κ3) is 4.71. The van der Waals surface area contributed by atoms with Gasteiger partial charge in [-0.3, -0.25) is 9.69 Å². The molecule has 1 aromatic rings. The number of likely N-dealkylation sites (tertiary alicyclic amines) is 1. The number of hydrogen-bond donors (Lipinski definition) is 2. The summed E-state index contributed by atoms with van der Waals surface area (Å²) < 4.78 is 0. The normalized spacial score (nSPS) is 25.8. The minimum Gasteiger partial charge on any atom is -0.356 e. The number of rotatable bonds is 5. The zero-order valence-corrected chi connectivity index (χ0v) is 15.0. The van der Waals surface area contributed by atoms with E-state index in [0.29, 0.717) is 5.92 Å². The van der Waals surface area contributed by atoms with Crippen LogP contribution >= 0.6 is 11.6 Å². The number of halogens is 1. The molecule has 2 aliphatic rings. The van der Waals surface area contributed by atoms with E-state index < -0.39 is 0 Å². The predicted molar refractivity (Wildman–Crippen MR) is 97.8 cm³/mol. The topological polar surface area (TPSA) is 58.4 Å². The highest BCUT2D eigenvalue weighted by Gasteiger charge is 2.28. The Morgan fingerprint density at radius 2 is 1.96 bits per heavy atom. The average molecular weight is 350 g/mol. The molecule has 2 atom stereocenters. The highest BCUT2D eigenvalue weighted by atomic mass is 35.5. The Morgan fingerprint density at radius 1 is 1.21 bits per heavy atom. The van der Waals surface area contributed by atoms with E-state index in [0.717, 1.165) is 63.3 Å². The lowest BCUT2D eigenvalue weighted by atomic mass is 9.96. The van der Waals surface area contributed by atoms with Crippen molar-refractivity contribution in [3.05, 3.63) is 34.9 Å². The third-order valence-electron chi connectivity index (χ3n) is 5.47. The fourth-order valence-corrected chi connectivity index (χ4v) is 4.06. The monoisotopic (exact) mass is 349 g/mol. The maximum absolute atomic E-state index is 12.2. The van der Waals surface area contributed by atoms with Gasteiger partial charge in [0, 0.05) is 30.1 Å². The number of nitrogens with one attached hydrogen (secondary N) is 1. The number of nitrogens with two attached hydrogens (primary N) is 1. The average Bonchev–Trinajstić information content (AvgIpc) is 3.03. The van der Waals surface area contributed by atoms with Crippen molar-refractivity contribution >= 4 is 17.5 Å². The summed E-state index contributed by atoms with van der Waals surface area (Å²) in [5, 5.41) is 4.00. The molecule has 5 heteroatoms. The van der Waals surface area contributed by atoms with Crippen molar-refractivity contribution in [2.45, 2.75) is 44.7 Å². The van der Waals surface area contributed by atoms with Gasteiger partial charge in [-0.05, 0) is 62.7 Å². The van der Waals surface area contributed by atoms with E-state index >= 15 is 0 Å². The fourth-order valence-electron chi connectivity index (χ4n) is 3.86. The van der Waals surface area contributed by atoms with Crippen molar-refractivity contribution in [1.82, 2.24) is 10.2 Å². The molecule has 0 unspecified atom stereocenters. The van der Waals surface area contributed by atoms with Gasteiger partial charge in [0.25, 0.3) is 0 Å². The molecule has 24 heavy (non-hydrogen) atoms. The van der Waals surface area contributed by atoms with Gasteiger partial charge < -0.3 is 11.1 Å². The summed E-state index contributed by atoms with van der Waals surface area (Å²) in [7, 11) is 0. The molecule has 1 aromatic carbocycles. The van der Waals surface area contributed by atoms with E-state index in [-0.39, 0.29) is 17.9 Å². The van der Waals surface area contributed by atoms with Crippen LogP contribution in [0.1, 0.15) is 37.7 Å². The van der Waals surface area contributed by atoms with Crippen molar-refractivity contribution in [3.63, 3.8) is 0 Å². The standard InChI is InChI=1S/C19H28ClN3O/c20-18-4-2-1-3-16(18)13-23-9-7-14(8-10-23)12-22-19(24)15-5-6-17(21)11-15/h1-4,14-15,17H,5-13,21H2,(H,22,24)/t15-,17-/m1/s1. The van der Waals surface area contributed by atoms with Gasteiger partial charge in [-0.2, -0.15) is 0 Å². The minimum absolute atomic E-state index is 0.139. The molecule has 0 radical (unpaired) electrons. The minimum atomic E-state index is 0.139. The zero-order valence-electron chi connectivity index (χ0n) is 14.2. The molecule has 0 spiro atoms. The van der Waals surface area contributed by atoms with E-state index in [2.05, 4.69) is 16.3 Å². The van der Waals surface area contributed by atoms with E-state index in [1.54, 1.807) is 0 Å². The van der Waals surface area contributed by atoms with Crippen molar-refractivity contribution < 1.29 is 4.79 Å². The molecule has 0 aromatic heterocycles. The van der Waals surface area contributed by atoms with Crippen LogP contribution in [0.15, 0.2) is 24.3 Å². The van der Waals surface area contributed by atoms with Gasteiger partial charge in [-0.15, -0.1) is 0 Å². The second kappa shape index (κ2) is 8.32. The van der Waals surface area contributed by atoms with Crippen molar-refractivity contribution in [1.29, 1.82) is 0 Å². The van der Waals surface area contributed by atoms with Crippen LogP contribution in [0.5, 0.6) is 0 Å². The SMILES string of the molecule is N[C@@H]1CC[C@@H](C(=O)NCC2CCN(Cc3ccccc3Cl)CC2)C1. The predicted octanol–water partition coefficient (Wildman–Crippen LogP) is 2.80. The molecule has 1 amide bonds. The van der Waals surface area contributed by atoms with Crippen LogP contribution in [-0.2, 0) is 11.3 Å². The lowest BCUT2D eigenvalue weighted by molar-refractivity contribution is -0.125. The molecule has 1 aliphatic carbocycles. The number of carbonyl (C=O) groups is 1. The summed E-state index contributed by atoms with van der Waals surface area (Å²) >= 11 is 6.25. The summed E-state index contributed by atoms with van der Waals surface area (Å²) in [5.41, 5.74) is 7.09. The van der Waals surface area contributed by atoms with Crippen LogP contribution in [0, 0.1) is 11.8 Å². The first-order chi connectivity index (χ1) is 11.6. The molecule has 132 valence electrons. The van der Waals surface area contributed by atoms with Gasteiger partial charge in [0.1, 0.15) is 0 Å². The fraction of sp³-hybridized carbons (Fsp3) is 0.632. The molecule has 1 saturated heterocycles. The van der Waals surface area contributed by atoms with Crippen molar-refractivity contribution in [2.75, 3.05) is 19.6 Å². The Balaban J connectivity index is 1.38. The number of benzene rings is 1. The Bertz CT molecular complexity index is 557. The van der Waals surface area contributed by atoms with Gasteiger partial charge in [0.2, 0.25) is 5.91 Å². The van der Waals surface area contributed by atoms with E-state index in [9.17, 15) is 4.79 Å². The third-order valence-corrected chi connectivity index (χ3v) is 5.84. The van der Waals surface area contributed by atoms with Crippen LogP contribution in [0.25, 0.3) is 0 Å². The summed E-state index contributed by atoms with van der Waals surface area (Å²) in [5.74, 6) is 0.938. The van der Waals surface area contributed by atoms with E-state index in [1.165, 1.54) is 5.56 Å². The van der Waals surface area contributed by atoms with Gasteiger partial charge >= 0.3 is 0 Å². The smallest absolute Gasteiger partial charge is 0.223 e. The van der Waals surface area contributed by atoms with Crippen molar-refractivity contribution in [2.24, 2.45) is 17.6 Å². The maximum Gasteiger partial charge on any atom is 0.223 e. The Hall–Kier alpha value is -1.10. The first-order valence-corrected chi connectivity index (χ1v) is 9.48. The molecule has 3 N–H and O–H groups in total. The molecule has 0 bridgehead atoms. The number of hydrogen-bond acceptors (Lipinski definition) is 3. The lowest BCUT2D eigenvalue weighted by Crippen LogP contribution is -2.39. The molecule has 4 nitrogen and oxygen atoms in total. The second-order valence-corrected chi connectivity index (χ2v) is 7.73. The largest absolute Gasteiger partial charge is 0.356 e. The number of carbonyl (C=O) groups excluding carboxylic acids is 1. The molecule has 2 fully saturated rings. The summed E-state index contributed by atoms with van der Waals surface area (Å²) in [6.07, 6.45) is 5.05. The highest BCUT2D eigenvalue weighted by molar-refractivity contribution is 6.31. The highest BCUT2D eigenvalue weighted by Crippen LogP contribution is 2.25. The van der Waals surface area contributed by atoms with Crippen LogP contribution < -0.4 is 11.1 Å². The molecule has 1 heterocycles.